The average molecular weight is 480 g/mol. The van der Waals surface area contributed by atoms with Gasteiger partial charge >= 0.3 is 5.97 Å². The van der Waals surface area contributed by atoms with Gasteiger partial charge in [0.25, 0.3) is 5.91 Å². The number of esters is 1. The number of hydrogen-bond donors (Lipinski definition) is 3. The number of H-pyrrole nitrogens is 1. The number of nitrogens with two attached hydrogens (primary N) is 1. The van der Waals surface area contributed by atoms with Crippen LogP contribution in [0.4, 0.5) is 0 Å². The summed E-state index contributed by atoms with van der Waals surface area (Å²) in [6.45, 7) is 6.19. The normalized spacial score (nSPS) is 12.3. The van der Waals surface area contributed by atoms with E-state index in [1.807, 2.05) is 57.2 Å². The Bertz CT molecular complexity index is 1150. The SMILES string of the molecule is CC(C)(C)OC(=O)CC(CCCCNC(=O)c1cc2cc(C(N)=S)ccc2[nH]1)c1ccccc1. The second kappa shape index (κ2) is 11.3. The van der Waals surface area contributed by atoms with Crippen LogP contribution in [-0.4, -0.2) is 34.0 Å². The number of aromatic nitrogens is 1. The first-order chi connectivity index (χ1) is 16.1. The fourth-order valence-electron chi connectivity index (χ4n) is 3.92. The third-order valence-corrected chi connectivity index (χ3v) is 5.75. The molecule has 2 aromatic carbocycles. The Labute approximate surface area is 206 Å². The van der Waals surface area contributed by atoms with E-state index in [9.17, 15) is 9.59 Å². The molecule has 0 bridgehead atoms. The fourth-order valence-corrected chi connectivity index (χ4v) is 4.04. The number of ether oxygens (including phenoxy) is 1. The van der Waals surface area contributed by atoms with Gasteiger partial charge in [-0.1, -0.05) is 49.0 Å². The molecule has 0 radical (unpaired) electrons. The molecule has 1 aromatic heterocycles. The Hall–Kier alpha value is -3.19. The van der Waals surface area contributed by atoms with E-state index in [2.05, 4.69) is 22.4 Å². The van der Waals surface area contributed by atoms with Crippen LogP contribution in [0.25, 0.3) is 10.9 Å². The highest BCUT2D eigenvalue weighted by Gasteiger charge is 2.21. The van der Waals surface area contributed by atoms with E-state index in [0.717, 1.165) is 41.3 Å². The number of carbonyl (C=O) groups excluding carboxylic acids is 2. The summed E-state index contributed by atoms with van der Waals surface area (Å²) >= 11 is 5.02. The molecule has 3 rings (SSSR count). The molecule has 0 aliphatic heterocycles. The first-order valence-corrected chi connectivity index (χ1v) is 12.0. The number of aromatic amines is 1. The summed E-state index contributed by atoms with van der Waals surface area (Å²) < 4.78 is 5.53. The third-order valence-electron chi connectivity index (χ3n) is 5.52. The molecule has 1 heterocycles. The molecule has 4 N–H and O–H groups in total. The topological polar surface area (TPSA) is 97.2 Å². The number of hydrogen-bond acceptors (Lipinski definition) is 4. The molecular weight excluding hydrogens is 446 g/mol. The highest BCUT2D eigenvalue weighted by atomic mass is 32.1. The molecule has 3 aromatic rings. The van der Waals surface area contributed by atoms with Crippen molar-refractivity contribution in [3.63, 3.8) is 0 Å². The van der Waals surface area contributed by atoms with Gasteiger partial charge in [-0.15, -0.1) is 0 Å². The predicted octanol–water partition coefficient (Wildman–Crippen LogP) is 5.22. The summed E-state index contributed by atoms with van der Waals surface area (Å²) in [5, 5.41) is 3.86. The van der Waals surface area contributed by atoms with Crippen LogP contribution >= 0.6 is 12.2 Å². The van der Waals surface area contributed by atoms with E-state index in [0.29, 0.717) is 23.6 Å². The number of carbonyl (C=O) groups is 2. The van der Waals surface area contributed by atoms with E-state index in [-0.39, 0.29) is 17.8 Å². The molecule has 34 heavy (non-hydrogen) atoms. The Morgan fingerprint density at radius 3 is 2.50 bits per heavy atom. The van der Waals surface area contributed by atoms with Crippen molar-refractivity contribution in [2.24, 2.45) is 5.73 Å². The van der Waals surface area contributed by atoms with Crippen molar-refractivity contribution in [2.45, 2.75) is 58.0 Å². The minimum Gasteiger partial charge on any atom is -0.460 e. The van der Waals surface area contributed by atoms with Gasteiger partial charge in [-0.25, -0.2) is 0 Å². The van der Waals surface area contributed by atoms with E-state index >= 15 is 0 Å². The molecule has 7 heteroatoms. The summed E-state index contributed by atoms with van der Waals surface area (Å²) in [6, 6.07) is 17.4. The van der Waals surface area contributed by atoms with Gasteiger partial charge in [-0.3, -0.25) is 9.59 Å². The van der Waals surface area contributed by atoms with Crippen molar-refractivity contribution >= 4 is 40.0 Å². The van der Waals surface area contributed by atoms with Crippen molar-refractivity contribution in [3.05, 3.63) is 71.4 Å². The van der Waals surface area contributed by atoms with Crippen LogP contribution in [0.1, 0.15) is 74.0 Å². The first-order valence-electron chi connectivity index (χ1n) is 11.6. The molecule has 0 saturated heterocycles. The van der Waals surface area contributed by atoms with Crippen molar-refractivity contribution in [2.75, 3.05) is 6.54 Å². The molecular formula is C27H33N3O3S. The molecule has 1 amide bonds. The second-order valence-electron chi connectivity index (χ2n) is 9.50. The molecule has 0 fully saturated rings. The van der Waals surface area contributed by atoms with E-state index in [1.54, 1.807) is 6.07 Å². The lowest BCUT2D eigenvalue weighted by Gasteiger charge is -2.22. The van der Waals surface area contributed by atoms with Gasteiger partial charge in [0.1, 0.15) is 16.3 Å². The maximum Gasteiger partial charge on any atom is 0.306 e. The second-order valence-corrected chi connectivity index (χ2v) is 9.94. The molecule has 0 saturated carbocycles. The van der Waals surface area contributed by atoms with Gasteiger partial charge in [0, 0.05) is 23.0 Å². The molecule has 1 unspecified atom stereocenters. The monoisotopic (exact) mass is 479 g/mol. The number of fused-ring (bicyclic) bond motifs is 1. The smallest absolute Gasteiger partial charge is 0.306 e. The zero-order valence-electron chi connectivity index (χ0n) is 20.0. The van der Waals surface area contributed by atoms with Crippen molar-refractivity contribution in [3.8, 4) is 0 Å². The molecule has 1 atom stereocenters. The lowest BCUT2D eigenvalue weighted by atomic mass is 9.90. The summed E-state index contributed by atoms with van der Waals surface area (Å²) in [6.07, 6.45) is 2.88. The largest absolute Gasteiger partial charge is 0.460 e. The molecule has 180 valence electrons. The highest BCUT2D eigenvalue weighted by Crippen LogP contribution is 2.27. The summed E-state index contributed by atoms with van der Waals surface area (Å²) in [4.78, 5) is 28.5. The number of rotatable bonds is 10. The highest BCUT2D eigenvalue weighted by molar-refractivity contribution is 7.80. The Morgan fingerprint density at radius 2 is 1.82 bits per heavy atom. The maximum atomic E-state index is 12.6. The maximum absolute atomic E-state index is 12.6. The number of nitrogens with one attached hydrogen (secondary N) is 2. The number of amides is 1. The van der Waals surface area contributed by atoms with Crippen LogP contribution in [0, 0.1) is 0 Å². The average Bonchev–Trinajstić information content (AvgIpc) is 3.21. The van der Waals surface area contributed by atoms with Gasteiger partial charge in [-0.2, -0.15) is 0 Å². The Morgan fingerprint density at radius 1 is 1.09 bits per heavy atom. The standard InChI is InChI=1S/C27H33N3O3S/c1-27(2,3)33-24(31)17-19(18-9-5-4-6-10-18)11-7-8-14-29-26(32)23-16-21-15-20(25(28)34)12-13-22(21)30-23/h4-6,9-10,12-13,15-16,19,30H,7-8,11,14,17H2,1-3H3,(H2,28,34)(H,29,32). The summed E-state index contributed by atoms with van der Waals surface area (Å²) in [7, 11) is 0. The lowest BCUT2D eigenvalue weighted by molar-refractivity contribution is -0.155. The van der Waals surface area contributed by atoms with Gasteiger partial charge in [0.05, 0.1) is 6.42 Å². The molecule has 0 aliphatic rings. The number of thiocarbonyl (C=S) groups is 1. The van der Waals surface area contributed by atoms with Crippen LogP contribution in [-0.2, 0) is 9.53 Å². The van der Waals surface area contributed by atoms with Gasteiger partial charge in [0.2, 0.25) is 0 Å². The van der Waals surface area contributed by atoms with Crippen LogP contribution in [0.15, 0.2) is 54.6 Å². The number of benzene rings is 2. The van der Waals surface area contributed by atoms with Crippen LogP contribution in [0.3, 0.4) is 0 Å². The fraction of sp³-hybridized carbons (Fsp3) is 0.370. The van der Waals surface area contributed by atoms with Gasteiger partial charge in [0.15, 0.2) is 0 Å². The zero-order chi connectivity index (χ0) is 24.7. The van der Waals surface area contributed by atoms with Crippen LogP contribution in [0.2, 0.25) is 0 Å². The van der Waals surface area contributed by atoms with Crippen LogP contribution in [0.5, 0.6) is 0 Å². The molecule has 0 aliphatic carbocycles. The van der Waals surface area contributed by atoms with E-state index in [4.69, 9.17) is 22.7 Å². The number of unbranched alkanes of at least 4 members (excludes halogenated alkanes) is 1. The third kappa shape index (κ3) is 7.42. The minimum atomic E-state index is -0.497. The molecule has 0 spiro atoms. The quantitative estimate of drug-likeness (QED) is 0.210. The summed E-state index contributed by atoms with van der Waals surface area (Å²) in [5.41, 5.74) is 8.46. The van der Waals surface area contributed by atoms with Gasteiger partial charge < -0.3 is 20.8 Å². The minimum absolute atomic E-state index is 0.0864. The van der Waals surface area contributed by atoms with Gasteiger partial charge in [-0.05, 0) is 69.4 Å². The Kier molecular flexibility index (Phi) is 8.45. The predicted molar refractivity (Wildman–Crippen MR) is 140 cm³/mol. The van der Waals surface area contributed by atoms with Crippen molar-refractivity contribution < 1.29 is 14.3 Å². The van der Waals surface area contributed by atoms with Crippen molar-refractivity contribution in [1.29, 1.82) is 0 Å². The van der Waals surface area contributed by atoms with E-state index < -0.39 is 5.60 Å². The first kappa shape index (κ1) is 25.4. The lowest BCUT2D eigenvalue weighted by Crippen LogP contribution is -2.25. The Balaban J connectivity index is 1.51. The van der Waals surface area contributed by atoms with E-state index in [1.165, 1.54) is 0 Å². The van der Waals surface area contributed by atoms with Crippen molar-refractivity contribution in [1.82, 2.24) is 10.3 Å². The molecule has 6 nitrogen and oxygen atoms in total. The summed E-state index contributed by atoms with van der Waals surface area (Å²) in [5.74, 6) is -0.253. The van der Waals surface area contributed by atoms with Crippen LogP contribution < -0.4 is 11.1 Å². The zero-order valence-corrected chi connectivity index (χ0v) is 20.8.